The van der Waals surface area contributed by atoms with E-state index in [9.17, 15) is 9.59 Å². The lowest BCUT2D eigenvalue weighted by molar-refractivity contribution is -0.125. The summed E-state index contributed by atoms with van der Waals surface area (Å²) in [6.45, 7) is 4.18. The number of amides is 1. The number of halogens is 1. The lowest BCUT2D eigenvalue weighted by Crippen LogP contribution is -2.45. The zero-order chi connectivity index (χ0) is 16.1. The maximum Gasteiger partial charge on any atom is 0.338 e. The van der Waals surface area contributed by atoms with Crippen molar-refractivity contribution in [2.24, 2.45) is 11.8 Å². The molecule has 1 aliphatic rings. The number of hydrogen-bond acceptors (Lipinski definition) is 3. The van der Waals surface area contributed by atoms with Crippen molar-refractivity contribution >= 4 is 34.5 Å². The van der Waals surface area contributed by atoms with Crippen molar-refractivity contribution in [2.75, 3.05) is 6.61 Å². The van der Waals surface area contributed by atoms with Crippen LogP contribution in [0.1, 0.15) is 43.5 Å². The number of benzene rings is 1. The maximum atomic E-state index is 12.0. The van der Waals surface area contributed by atoms with Crippen molar-refractivity contribution in [3.8, 4) is 0 Å². The molecule has 0 bridgehead atoms. The minimum Gasteiger partial charge on any atom is -0.452 e. The van der Waals surface area contributed by atoms with E-state index in [0.29, 0.717) is 17.4 Å². The van der Waals surface area contributed by atoms with Crippen LogP contribution in [0.5, 0.6) is 0 Å². The average Bonchev–Trinajstić information content (AvgIpc) is 2.50. The molecule has 1 amide bonds. The van der Waals surface area contributed by atoms with E-state index in [2.05, 4.69) is 41.8 Å². The van der Waals surface area contributed by atoms with Gasteiger partial charge in [-0.25, -0.2) is 4.79 Å². The Labute approximate surface area is 145 Å². The fraction of sp³-hybridized carbons (Fsp3) is 0.529. The highest BCUT2D eigenvalue weighted by Crippen LogP contribution is 2.29. The largest absolute Gasteiger partial charge is 0.452 e. The SMILES string of the molecule is C[C@H]1[C@@H](NC(=O)COC(=O)c2ccc(I)cc2)CCC[C@@H]1C. The van der Waals surface area contributed by atoms with Crippen LogP contribution in [0.3, 0.4) is 0 Å². The lowest BCUT2D eigenvalue weighted by atomic mass is 9.78. The van der Waals surface area contributed by atoms with E-state index in [1.54, 1.807) is 12.1 Å². The molecule has 5 heteroatoms. The Bertz CT molecular complexity index is 529. The van der Waals surface area contributed by atoms with Crippen LogP contribution in [0.4, 0.5) is 0 Å². The number of rotatable bonds is 4. The first kappa shape index (κ1) is 17.2. The lowest BCUT2D eigenvalue weighted by Gasteiger charge is -2.34. The highest BCUT2D eigenvalue weighted by molar-refractivity contribution is 14.1. The molecule has 0 heterocycles. The van der Waals surface area contributed by atoms with E-state index in [-0.39, 0.29) is 18.6 Å². The molecule has 0 aliphatic heterocycles. The van der Waals surface area contributed by atoms with Crippen molar-refractivity contribution in [3.63, 3.8) is 0 Å². The Balaban J connectivity index is 1.80. The van der Waals surface area contributed by atoms with Crippen LogP contribution in [0.2, 0.25) is 0 Å². The molecule has 3 atom stereocenters. The number of hydrogen-bond donors (Lipinski definition) is 1. The molecule has 0 aromatic heterocycles. The molecule has 1 N–H and O–H groups in total. The van der Waals surface area contributed by atoms with Gasteiger partial charge in [0.1, 0.15) is 0 Å². The van der Waals surface area contributed by atoms with Crippen LogP contribution in [-0.2, 0) is 9.53 Å². The van der Waals surface area contributed by atoms with Gasteiger partial charge in [-0.15, -0.1) is 0 Å². The standard InChI is InChI=1S/C17H22INO3/c1-11-4-3-5-15(12(11)2)19-16(20)10-22-17(21)13-6-8-14(18)9-7-13/h6-9,11-12,15H,3-5,10H2,1-2H3,(H,19,20)/t11-,12+,15-/m0/s1. The van der Waals surface area contributed by atoms with Crippen LogP contribution in [0.15, 0.2) is 24.3 Å². The number of esters is 1. The van der Waals surface area contributed by atoms with Gasteiger partial charge in [-0.05, 0) is 65.1 Å². The number of nitrogens with one attached hydrogen (secondary N) is 1. The summed E-state index contributed by atoms with van der Waals surface area (Å²) in [5.41, 5.74) is 0.466. The predicted molar refractivity (Wildman–Crippen MR) is 93.6 cm³/mol. The molecule has 0 radical (unpaired) electrons. The zero-order valence-corrected chi connectivity index (χ0v) is 15.1. The molecular weight excluding hydrogens is 393 g/mol. The van der Waals surface area contributed by atoms with Crippen LogP contribution in [0, 0.1) is 15.4 Å². The topological polar surface area (TPSA) is 55.4 Å². The van der Waals surface area contributed by atoms with Crippen LogP contribution < -0.4 is 5.32 Å². The Morgan fingerprint density at radius 1 is 1.23 bits per heavy atom. The van der Waals surface area contributed by atoms with Crippen molar-refractivity contribution < 1.29 is 14.3 Å². The van der Waals surface area contributed by atoms with E-state index in [1.807, 2.05) is 12.1 Å². The normalized spacial score (nSPS) is 24.6. The minimum absolute atomic E-state index is 0.188. The first-order valence-electron chi connectivity index (χ1n) is 7.69. The fourth-order valence-corrected chi connectivity index (χ4v) is 3.19. The van der Waals surface area contributed by atoms with Crippen molar-refractivity contribution in [1.29, 1.82) is 0 Å². The Morgan fingerprint density at radius 3 is 2.59 bits per heavy atom. The highest BCUT2D eigenvalue weighted by atomic mass is 127. The van der Waals surface area contributed by atoms with Gasteiger partial charge in [0.25, 0.3) is 5.91 Å². The van der Waals surface area contributed by atoms with Crippen molar-refractivity contribution in [2.45, 2.75) is 39.2 Å². The second-order valence-electron chi connectivity index (χ2n) is 6.02. The molecule has 1 saturated carbocycles. The van der Waals surface area contributed by atoms with Gasteiger partial charge in [0.05, 0.1) is 5.56 Å². The van der Waals surface area contributed by atoms with Gasteiger partial charge in [0.2, 0.25) is 0 Å². The van der Waals surface area contributed by atoms with Gasteiger partial charge in [-0.2, -0.15) is 0 Å². The Morgan fingerprint density at radius 2 is 1.91 bits per heavy atom. The Hall–Kier alpha value is -1.11. The summed E-state index contributed by atoms with van der Waals surface area (Å²) in [7, 11) is 0. The average molecular weight is 415 g/mol. The summed E-state index contributed by atoms with van der Waals surface area (Å²) in [5.74, 6) is 0.402. The number of carbonyl (C=O) groups is 2. The molecule has 0 saturated heterocycles. The fourth-order valence-electron chi connectivity index (χ4n) is 2.83. The van der Waals surface area contributed by atoms with Gasteiger partial charge >= 0.3 is 5.97 Å². The summed E-state index contributed by atoms with van der Waals surface area (Å²) >= 11 is 2.17. The third-order valence-corrected chi connectivity index (χ3v) is 5.19. The smallest absolute Gasteiger partial charge is 0.338 e. The number of carbonyl (C=O) groups excluding carboxylic acids is 2. The third kappa shape index (κ3) is 4.69. The summed E-state index contributed by atoms with van der Waals surface area (Å²) < 4.78 is 6.13. The molecule has 0 spiro atoms. The van der Waals surface area contributed by atoms with E-state index in [1.165, 1.54) is 6.42 Å². The minimum atomic E-state index is -0.461. The van der Waals surface area contributed by atoms with E-state index >= 15 is 0 Å². The number of ether oxygens (including phenoxy) is 1. The van der Waals surface area contributed by atoms with Gasteiger partial charge < -0.3 is 10.1 Å². The van der Waals surface area contributed by atoms with Crippen LogP contribution in [-0.4, -0.2) is 24.5 Å². The molecule has 1 aromatic rings. The molecule has 0 unspecified atom stereocenters. The zero-order valence-electron chi connectivity index (χ0n) is 13.0. The van der Waals surface area contributed by atoms with E-state index < -0.39 is 5.97 Å². The molecule has 2 rings (SSSR count). The summed E-state index contributed by atoms with van der Waals surface area (Å²) in [5, 5.41) is 3.00. The predicted octanol–water partition coefficient (Wildman–Crippen LogP) is 3.39. The molecular formula is C17H22INO3. The van der Waals surface area contributed by atoms with Crippen molar-refractivity contribution in [1.82, 2.24) is 5.32 Å². The quantitative estimate of drug-likeness (QED) is 0.606. The third-order valence-electron chi connectivity index (χ3n) is 4.47. The molecule has 1 aliphatic carbocycles. The van der Waals surface area contributed by atoms with Crippen LogP contribution in [0.25, 0.3) is 0 Å². The van der Waals surface area contributed by atoms with Gasteiger partial charge in [0, 0.05) is 9.61 Å². The van der Waals surface area contributed by atoms with E-state index in [4.69, 9.17) is 4.74 Å². The second kappa shape index (κ2) is 7.94. The summed E-state index contributed by atoms with van der Waals surface area (Å²) in [4.78, 5) is 23.8. The second-order valence-corrected chi connectivity index (χ2v) is 7.27. The first-order valence-corrected chi connectivity index (χ1v) is 8.77. The van der Waals surface area contributed by atoms with Crippen molar-refractivity contribution in [3.05, 3.63) is 33.4 Å². The molecule has 1 aromatic carbocycles. The monoisotopic (exact) mass is 415 g/mol. The first-order chi connectivity index (χ1) is 10.5. The highest BCUT2D eigenvalue weighted by Gasteiger charge is 2.28. The summed E-state index contributed by atoms with van der Waals surface area (Å²) in [6, 6.07) is 7.26. The van der Waals surface area contributed by atoms with Crippen LogP contribution >= 0.6 is 22.6 Å². The van der Waals surface area contributed by atoms with Gasteiger partial charge in [-0.1, -0.05) is 26.7 Å². The van der Waals surface area contributed by atoms with Gasteiger partial charge in [-0.3, -0.25) is 4.79 Å². The molecule has 4 nitrogen and oxygen atoms in total. The summed E-state index contributed by atoms with van der Waals surface area (Å²) in [6.07, 6.45) is 3.36. The van der Waals surface area contributed by atoms with E-state index in [0.717, 1.165) is 16.4 Å². The molecule has 1 fully saturated rings. The van der Waals surface area contributed by atoms with Gasteiger partial charge in [0.15, 0.2) is 6.61 Å². The Kier molecular flexibility index (Phi) is 6.23. The molecule has 120 valence electrons. The maximum absolute atomic E-state index is 12.0. The molecule has 22 heavy (non-hydrogen) atoms.